The van der Waals surface area contributed by atoms with Gasteiger partial charge in [-0.1, -0.05) is 12.7 Å². The Morgan fingerprint density at radius 3 is 2.55 bits per heavy atom. The van der Waals surface area contributed by atoms with Crippen LogP contribution in [0.3, 0.4) is 0 Å². The largest absolute Gasteiger partial charge is 0.486 e. The number of fused-ring (bicyclic) bond motifs is 1. The van der Waals surface area contributed by atoms with Crippen LogP contribution in [0, 0.1) is 0 Å². The summed E-state index contributed by atoms with van der Waals surface area (Å²) >= 11 is 0. The third-order valence-electron chi connectivity index (χ3n) is 7.93. The summed E-state index contributed by atoms with van der Waals surface area (Å²) in [5.41, 5.74) is 5.10. The summed E-state index contributed by atoms with van der Waals surface area (Å²) in [4.78, 5) is 14.1. The molecule has 3 aromatic rings. The van der Waals surface area contributed by atoms with Crippen LogP contribution in [-0.4, -0.2) is 83.0 Å². The van der Waals surface area contributed by atoms with Gasteiger partial charge in [-0.2, -0.15) is 4.98 Å². The predicted octanol–water partition coefficient (Wildman–Crippen LogP) is 4.40. The van der Waals surface area contributed by atoms with E-state index in [0.29, 0.717) is 59.3 Å². The number of hydrogen-bond acceptors (Lipinski definition) is 10. The topological polar surface area (TPSA) is 112 Å². The van der Waals surface area contributed by atoms with E-state index < -0.39 is 10.0 Å². The first kappa shape index (κ1) is 28.1. The molecule has 2 aromatic carbocycles. The van der Waals surface area contributed by atoms with Crippen molar-refractivity contribution in [2.45, 2.75) is 18.8 Å². The van der Waals surface area contributed by atoms with Crippen molar-refractivity contribution in [1.82, 2.24) is 14.9 Å². The minimum absolute atomic E-state index is 0.316. The number of hydrogen-bond donors (Lipinski definition) is 2. The molecule has 0 bridgehead atoms. The zero-order chi connectivity index (χ0) is 29.4. The van der Waals surface area contributed by atoms with Gasteiger partial charge in [-0.3, -0.25) is 4.31 Å². The molecule has 2 aliphatic heterocycles. The highest BCUT2D eigenvalue weighted by atomic mass is 32.2. The molecular weight excluding hydrogens is 554 g/mol. The summed E-state index contributed by atoms with van der Waals surface area (Å²) in [6, 6.07) is 10.0. The van der Waals surface area contributed by atoms with E-state index in [1.807, 2.05) is 0 Å². The first-order chi connectivity index (χ1) is 20.2. The summed E-state index contributed by atoms with van der Waals surface area (Å²) in [6.07, 6.45) is 6.90. The molecule has 0 unspecified atom stereocenters. The zero-order valence-electron chi connectivity index (χ0n) is 24.3. The lowest BCUT2D eigenvalue weighted by Gasteiger charge is -2.35. The number of piperazine rings is 1. The molecule has 0 amide bonds. The molecule has 6 rings (SSSR count). The third-order valence-corrected chi connectivity index (χ3v) is 9.11. The number of nitrogens with zero attached hydrogens (tertiary/aromatic N) is 5. The van der Waals surface area contributed by atoms with E-state index in [2.05, 4.69) is 57.2 Å². The van der Waals surface area contributed by atoms with E-state index in [0.717, 1.165) is 38.1 Å². The van der Waals surface area contributed by atoms with E-state index in [1.165, 1.54) is 35.4 Å². The molecule has 222 valence electrons. The van der Waals surface area contributed by atoms with Gasteiger partial charge in [0.2, 0.25) is 16.0 Å². The number of anilines is 6. The van der Waals surface area contributed by atoms with Crippen LogP contribution in [-0.2, 0) is 10.0 Å². The lowest BCUT2D eigenvalue weighted by Crippen LogP contribution is -2.44. The van der Waals surface area contributed by atoms with Gasteiger partial charge in [0.05, 0.1) is 11.9 Å². The molecule has 1 saturated heterocycles. The normalized spacial score (nSPS) is 17.1. The maximum absolute atomic E-state index is 12.6. The Kier molecular flexibility index (Phi) is 7.58. The molecule has 2 fully saturated rings. The van der Waals surface area contributed by atoms with Crippen molar-refractivity contribution in [3.8, 4) is 11.5 Å². The molecule has 1 aliphatic carbocycles. The molecule has 1 saturated carbocycles. The third kappa shape index (κ3) is 5.82. The number of rotatable bonds is 9. The number of likely N-dealkylation sites (N-methyl/N-ethyl adjacent to an activating group) is 1. The monoisotopic (exact) mass is 591 g/mol. The van der Waals surface area contributed by atoms with Crippen molar-refractivity contribution < 1.29 is 17.9 Å². The molecule has 2 N–H and O–H groups in total. The second-order valence-electron chi connectivity index (χ2n) is 11.0. The van der Waals surface area contributed by atoms with Crippen molar-refractivity contribution in [2.75, 3.05) is 79.6 Å². The maximum atomic E-state index is 12.6. The second-order valence-corrected chi connectivity index (χ2v) is 13.0. The standard InChI is InChI=1S/C30H37N7O4S/c1-5-20-19-31-30(32-22-8-10-25(23(18-22)21-6-7-21)37-14-12-35(2)13-15-37)34-29(20)33-24-9-11-26-28(41-17-16-40-26)27(24)36(3)42(4,38)39/h5,8-11,18-19,21H,1,6-7,12-17H2,2-4H3,(H2,31,32,33,34). The summed E-state index contributed by atoms with van der Waals surface area (Å²) < 4.78 is 37.9. The average molecular weight is 592 g/mol. The van der Waals surface area contributed by atoms with Gasteiger partial charge in [0.15, 0.2) is 11.5 Å². The van der Waals surface area contributed by atoms with E-state index in [4.69, 9.17) is 14.5 Å². The fourth-order valence-corrected chi connectivity index (χ4v) is 5.84. The fraction of sp³-hybridized carbons (Fsp3) is 0.400. The number of sulfonamides is 1. The van der Waals surface area contributed by atoms with Crippen LogP contribution in [0.4, 0.5) is 34.5 Å². The number of aromatic nitrogens is 2. The summed E-state index contributed by atoms with van der Waals surface area (Å²) in [7, 11) is 0.0543. The molecule has 12 heteroatoms. The fourth-order valence-electron chi connectivity index (χ4n) is 5.33. The SMILES string of the molecule is C=Cc1cnc(Nc2ccc(N3CCN(C)CC3)c(C3CC3)c2)nc1Nc1ccc2c(c1N(C)S(C)(=O)=O)OCCO2. The predicted molar refractivity (Wildman–Crippen MR) is 167 cm³/mol. The molecule has 3 aliphatic rings. The maximum Gasteiger partial charge on any atom is 0.232 e. The Labute approximate surface area is 247 Å². The first-order valence-corrected chi connectivity index (χ1v) is 16.0. The van der Waals surface area contributed by atoms with Crippen LogP contribution in [0.25, 0.3) is 6.08 Å². The number of nitrogens with one attached hydrogen (secondary N) is 2. The molecule has 1 aromatic heterocycles. The van der Waals surface area contributed by atoms with Crippen LogP contribution in [0.15, 0.2) is 43.1 Å². The average Bonchev–Trinajstić information content (AvgIpc) is 3.83. The Balaban J connectivity index is 1.30. The van der Waals surface area contributed by atoms with Crippen molar-refractivity contribution in [2.24, 2.45) is 0 Å². The lowest BCUT2D eigenvalue weighted by atomic mass is 10.1. The van der Waals surface area contributed by atoms with E-state index in [1.54, 1.807) is 24.4 Å². The molecule has 3 heterocycles. The first-order valence-electron chi connectivity index (χ1n) is 14.2. The van der Waals surface area contributed by atoms with Gasteiger partial charge in [-0.25, -0.2) is 13.4 Å². The van der Waals surface area contributed by atoms with Crippen LogP contribution in [0.5, 0.6) is 11.5 Å². The van der Waals surface area contributed by atoms with Crippen molar-refractivity contribution in [3.05, 3.63) is 54.2 Å². The molecule has 0 radical (unpaired) electrons. The Morgan fingerprint density at radius 1 is 1.07 bits per heavy atom. The Hall–Kier alpha value is -4.03. The van der Waals surface area contributed by atoms with E-state index >= 15 is 0 Å². The zero-order valence-corrected chi connectivity index (χ0v) is 25.1. The van der Waals surface area contributed by atoms with Crippen molar-refractivity contribution >= 4 is 50.6 Å². The van der Waals surface area contributed by atoms with Crippen LogP contribution < -0.4 is 29.3 Å². The molecule has 42 heavy (non-hydrogen) atoms. The Morgan fingerprint density at radius 2 is 1.83 bits per heavy atom. The van der Waals surface area contributed by atoms with E-state index in [-0.39, 0.29) is 0 Å². The highest BCUT2D eigenvalue weighted by molar-refractivity contribution is 7.92. The van der Waals surface area contributed by atoms with Gasteiger partial charge in [0, 0.05) is 56.4 Å². The number of ether oxygens (including phenoxy) is 2. The molecule has 0 atom stereocenters. The molecule has 11 nitrogen and oxygen atoms in total. The highest BCUT2D eigenvalue weighted by Gasteiger charge is 2.30. The Bertz CT molecular complexity index is 1600. The van der Waals surface area contributed by atoms with Gasteiger partial charge in [0.1, 0.15) is 24.7 Å². The van der Waals surface area contributed by atoms with Crippen LogP contribution in [0.2, 0.25) is 0 Å². The van der Waals surface area contributed by atoms with Crippen LogP contribution >= 0.6 is 0 Å². The van der Waals surface area contributed by atoms with Gasteiger partial charge in [0.25, 0.3) is 0 Å². The number of benzene rings is 2. The second kappa shape index (κ2) is 11.3. The molecular formula is C30H37N7O4S. The van der Waals surface area contributed by atoms with Crippen molar-refractivity contribution in [3.63, 3.8) is 0 Å². The van der Waals surface area contributed by atoms with E-state index in [9.17, 15) is 8.42 Å². The molecule has 0 spiro atoms. The lowest BCUT2D eigenvalue weighted by molar-refractivity contribution is 0.172. The summed E-state index contributed by atoms with van der Waals surface area (Å²) in [5.74, 6) is 2.31. The summed E-state index contributed by atoms with van der Waals surface area (Å²) in [5, 5.41) is 6.68. The van der Waals surface area contributed by atoms with Gasteiger partial charge >= 0.3 is 0 Å². The quantitative estimate of drug-likeness (QED) is 0.371. The summed E-state index contributed by atoms with van der Waals surface area (Å²) in [6.45, 7) is 8.80. The van der Waals surface area contributed by atoms with Gasteiger partial charge < -0.3 is 29.9 Å². The van der Waals surface area contributed by atoms with Crippen molar-refractivity contribution in [1.29, 1.82) is 0 Å². The smallest absolute Gasteiger partial charge is 0.232 e. The minimum atomic E-state index is -3.60. The van der Waals surface area contributed by atoms with Crippen LogP contribution in [0.1, 0.15) is 29.9 Å². The van der Waals surface area contributed by atoms with Gasteiger partial charge in [-0.05, 0) is 61.7 Å². The minimum Gasteiger partial charge on any atom is -0.486 e. The van der Waals surface area contributed by atoms with Gasteiger partial charge in [-0.15, -0.1) is 0 Å². The highest BCUT2D eigenvalue weighted by Crippen LogP contribution is 2.47.